The number of carbonyl (C=O) groups is 1. The van der Waals surface area contributed by atoms with Crippen molar-refractivity contribution < 1.29 is 4.79 Å². The molecule has 0 radical (unpaired) electrons. The molecule has 0 aliphatic rings. The summed E-state index contributed by atoms with van der Waals surface area (Å²) in [5, 5.41) is 6.52. The van der Waals surface area contributed by atoms with Crippen molar-refractivity contribution in [3.05, 3.63) is 11.4 Å². The number of carbonyl (C=O) groups excluding carboxylic acids is 1. The average molecular weight is 182 g/mol. The van der Waals surface area contributed by atoms with Gasteiger partial charge >= 0.3 is 0 Å². The van der Waals surface area contributed by atoms with Gasteiger partial charge < -0.3 is 10.6 Å². The van der Waals surface area contributed by atoms with E-state index in [4.69, 9.17) is 5.73 Å². The predicted octanol–water partition coefficient (Wildman–Crippen LogP) is 0.392. The fraction of sp³-hybridized carbons (Fsp3) is 0.500. The molecule has 1 aromatic heterocycles. The van der Waals surface area contributed by atoms with Gasteiger partial charge in [0.25, 0.3) is 5.91 Å². The number of amides is 1. The van der Waals surface area contributed by atoms with Gasteiger partial charge in [-0.3, -0.25) is 9.89 Å². The summed E-state index contributed by atoms with van der Waals surface area (Å²) in [6.07, 6.45) is 0. The van der Waals surface area contributed by atoms with Gasteiger partial charge in [-0.15, -0.1) is 0 Å². The summed E-state index contributed by atoms with van der Waals surface area (Å²) in [6, 6.07) is 0. The maximum absolute atomic E-state index is 11.6. The largest absolute Gasteiger partial charge is 0.395 e. The Morgan fingerprint density at radius 3 is 2.69 bits per heavy atom. The van der Waals surface area contributed by atoms with Gasteiger partial charge in [0, 0.05) is 13.6 Å². The molecule has 0 aromatic carbocycles. The lowest BCUT2D eigenvalue weighted by Crippen LogP contribution is -2.27. The molecule has 1 rings (SSSR count). The van der Waals surface area contributed by atoms with Crippen LogP contribution in [-0.4, -0.2) is 34.6 Å². The third-order valence-electron chi connectivity index (χ3n) is 2.02. The number of nitrogens with one attached hydrogen (secondary N) is 1. The maximum Gasteiger partial charge on any atom is 0.276 e. The van der Waals surface area contributed by atoms with Crippen LogP contribution in [0.1, 0.15) is 23.1 Å². The zero-order valence-electron chi connectivity index (χ0n) is 8.09. The molecule has 0 spiro atoms. The number of hydrogen-bond donors (Lipinski definition) is 2. The first-order valence-electron chi connectivity index (χ1n) is 4.13. The Morgan fingerprint density at radius 1 is 1.69 bits per heavy atom. The van der Waals surface area contributed by atoms with Gasteiger partial charge in [0.2, 0.25) is 0 Å². The van der Waals surface area contributed by atoms with Crippen LogP contribution in [0.15, 0.2) is 0 Å². The van der Waals surface area contributed by atoms with Crippen LogP contribution in [0.4, 0.5) is 5.69 Å². The molecule has 0 bridgehead atoms. The Hall–Kier alpha value is -1.52. The first-order chi connectivity index (χ1) is 6.07. The Balaban J connectivity index is 2.95. The van der Waals surface area contributed by atoms with Crippen molar-refractivity contribution in [2.45, 2.75) is 13.8 Å². The highest BCUT2D eigenvalue weighted by molar-refractivity contribution is 5.97. The first-order valence-corrected chi connectivity index (χ1v) is 4.13. The van der Waals surface area contributed by atoms with E-state index in [1.807, 2.05) is 6.92 Å². The minimum absolute atomic E-state index is 0.149. The molecule has 5 nitrogen and oxygen atoms in total. The van der Waals surface area contributed by atoms with Crippen molar-refractivity contribution in [3.8, 4) is 0 Å². The molecule has 5 heteroatoms. The first kappa shape index (κ1) is 9.57. The van der Waals surface area contributed by atoms with Crippen LogP contribution in [0.2, 0.25) is 0 Å². The van der Waals surface area contributed by atoms with Gasteiger partial charge in [0.1, 0.15) is 0 Å². The second-order valence-electron chi connectivity index (χ2n) is 2.93. The molecule has 0 unspecified atom stereocenters. The van der Waals surface area contributed by atoms with E-state index in [9.17, 15) is 4.79 Å². The fourth-order valence-corrected chi connectivity index (χ4v) is 0.925. The molecular formula is C8H14N4O. The number of aromatic amines is 1. The molecule has 0 atom stereocenters. The highest BCUT2D eigenvalue weighted by Crippen LogP contribution is 2.13. The number of hydrogen-bond acceptors (Lipinski definition) is 3. The Labute approximate surface area is 76.9 Å². The molecule has 0 saturated heterocycles. The summed E-state index contributed by atoms with van der Waals surface area (Å²) in [6.45, 7) is 4.32. The second-order valence-corrected chi connectivity index (χ2v) is 2.93. The van der Waals surface area contributed by atoms with Gasteiger partial charge in [-0.2, -0.15) is 5.10 Å². The number of rotatable bonds is 2. The number of H-pyrrole nitrogens is 1. The van der Waals surface area contributed by atoms with Crippen LogP contribution in [0, 0.1) is 6.92 Å². The lowest BCUT2D eigenvalue weighted by Gasteiger charge is -2.12. The summed E-state index contributed by atoms with van der Waals surface area (Å²) < 4.78 is 0. The minimum Gasteiger partial charge on any atom is -0.395 e. The number of nitrogens with two attached hydrogens (primary N) is 1. The van der Waals surface area contributed by atoms with E-state index in [1.165, 1.54) is 0 Å². The van der Waals surface area contributed by atoms with Gasteiger partial charge in [-0.25, -0.2) is 0 Å². The summed E-state index contributed by atoms with van der Waals surface area (Å²) in [4.78, 5) is 13.1. The summed E-state index contributed by atoms with van der Waals surface area (Å²) >= 11 is 0. The molecule has 0 aliphatic heterocycles. The molecule has 0 saturated carbocycles. The Morgan fingerprint density at radius 2 is 2.31 bits per heavy atom. The molecule has 0 fully saturated rings. The summed E-state index contributed by atoms with van der Waals surface area (Å²) in [5.41, 5.74) is 7.13. The van der Waals surface area contributed by atoms with Gasteiger partial charge in [0.15, 0.2) is 5.69 Å². The van der Waals surface area contributed by atoms with Crippen LogP contribution >= 0.6 is 0 Å². The molecule has 13 heavy (non-hydrogen) atoms. The van der Waals surface area contributed by atoms with Crippen molar-refractivity contribution in [1.29, 1.82) is 0 Å². The maximum atomic E-state index is 11.6. The zero-order valence-corrected chi connectivity index (χ0v) is 8.09. The standard InChI is InChI=1S/C8H14N4O/c1-4-12(3)8(13)7-6(9)5(2)10-11-7/h4,9H2,1-3H3,(H,10,11). The number of aromatic nitrogens is 2. The molecule has 1 aromatic rings. The lowest BCUT2D eigenvalue weighted by atomic mass is 10.3. The Bertz CT molecular complexity index is 318. The Kier molecular flexibility index (Phi) is 2.55. The minimum atomic E-state index is -0.149. The number of nitrogen functional groups attached to an aromatic ring is 1. The summed E-state index contributed by atoms with van der Waals surface area (Å²) in [7, 11) is 1.71. The van der Waals surface area contributed by atoms with E-state index in [-0.39, 0.29) is 5.91 Å². The number of nitrogens with zero attached hydrogens (tertiary/aromatic N) is 2. The van der Waals surface area contributed by atoms with Crippen molar-refractivity contribution in [3.63, 3.8) is 0 Å². The van der Waals surface area contributed by atoms with E-state index in [1.54, 1.807) is 18.9 Å². The molecular weight excluding hydrogens is 168 g/mol. The van der Waals surface area contributed by atoms with Crippen molar-refractivity contribution in [2.24, 2.45) is 0 Å². The van der Waals surface area contributed by atoms with Crippen LogP contribution < -0.4 is 5.73 Å². The predicted molar refractivity (Wildman–Crippen MR) is 50.4 cm³/mol. The van der Waals surface area contributed by atoms with Gasteiger partial charge in [-0.05, 0) is 13.8 Å². The average Bonchev–Trinajstić information content (AvgIpc) is 2.45. The van der Waals surface area contributed by atoms with E-state index in [0.29, 0.717) is 17.9 Å². The number of aryl methyl sites for hydroxylation is 1. The molecule has 0 aliphatic carbocycles. The van der Waals surface area contributed by atoms with Crippen LogP contribution in [0.25, 0.3) is 0 Å². The topological polar surface area (TPSA) is 75.0 Å². The fourth-order valence-electron chi connectivity index (χ4n) is 0.925. The van der Waals surface area contributed by atoms with E-state index in [2.05, 4.69) is 10.2 Å². The quantitative estimate of drug-likeness (QED) is 0.694. The van der Waals surface area contributed by atoms with Crippen molar-refractivity contribution in [1.82, 2.24) is 15.1 Å². The van der Waals surface area contributed by atoms with Gasteiger partial charge in [-0.1, -0.05) is 0 Å². The smallest absolute Gasteiger partial charge is 0.276 e. The van der Waals surface area contributed by atoms with Crippen LogP contribution in [-0.2, 0) is 0 Å². The van der Waals surface area contributed by atoms with E-state index in [0.717, 1.165) is 5.69 Å². The molecule has 72 valence electrons. The zero-order chi connectivity index (χ0) is 10.0. The lowest BCUT2D eigenvalue weighted by molar-refractivity contribution is 0.0797. The molecule has 1 heterocycles. The van der Waals surface area contributed by atoms with E-state index < -0.39 is 0 Å². The highest BCUT2D eigenvalue weighted by atomic mass is 16.2. The monoisotopic (exact) mass is 182 g/mol. The third-order valence-corrected chi connectivity index (χ3v) is 2.02. The highest BCUT2D eigenvalue weighted by Gasteiger charge is 2.17. The van der Waals surface area contributed by atoms with E-state index >= 15 is 0 Å². The molecule has 1 amide bonds. The van der Waals surface area contributed by atoms with Crippen LogP contribution in [0.5, 0.6) is 0 Å². The second kappa shape index (κ2) is 3.47. The third kappa shape index (κ3) is 1.63. The van der Waals surface area contributed by atoms with Crippen molar-refractivity contribution in [2.75, 3.05) is 19.3 Å². The van der Waals surface area contributed by atoms with Crippen LogP contribution in [0.3, 0.4) is 0 Å². The van der Waals surface area contributed by atoms with Gasteiger partial charge in [0.05, 0.1) is 11.4 Å². The SMILES string of the molecule is CCN(C)C(=O)c1n[nH]c(C)c1N. The number of anilines is 1. The normalized spacial score (nSPS) is 10.1. The van der Waals surface area contributed by atoms with Crippen molar-refractivity contribution >= 4 is 11.6 Å². The molecule has 3 N–H and O–H groups in total. The summed E-state index contributed by atoms with van der Waals surface area (Å²) in [5.74, 6) is -0.149.